The zero-order valence-corrected chi connectivity index (χ0v) is 11.6. The van der Waals surface area contributed by atoms with Crippen LogP contribution in [0.25, 0.3) is 0 Å². The number of rotatable bonds is 2. The van der Waals surface area contributed by atoms with Gasteiger partial charge in [-0.15, -0.1) is 0 Å². The predicted octanol–water partition coefficient (Wildman–Crippen LogP) is 4.26. The summed E-state index contributed by atoms with van der Waals surface area (Å²) in [5.74, 6) is -0.238. The first kappa shape index (κ1) is 13.7. The number of benzene rings is 2. The second-order valence-electron chi connectivity index (χ2n) is 4.05. The number of carbonyl (C=O) groups is 1. The van der Waals surface area contributed by atoms with Gasteiger partial charge in [-0.2, -0.15) is 0 Å². The van der Waals surface area contributed by atoms with Gasteiger partial charge in [0.2, 0.25) is 0 Å². The Balaban J connectivity index is 2.29. The van der Waals surface area contributed by atoms with Gasteiger partial charge >= 0.3 is 0 Å². The smallest absolute Gasteiger partial charge is 0.255 e. The summed E-state index contributed by atoms with van der Waals surface area (Å²) in [5, 5.41) is 12.6. The van der Waals surface area contributed by atoms with Gasteiger partial charge in [-0.25, -0.2) is 0 Å². The molecule has 0 aliphatic carbocycles. The summed E-state index contributed by atoms with van der Waals surface area (Å²) in [6.45, 7) is 1.83. The first-order chi connectivity index (χ1) is 8.99. The van der Waals surface area contributed by atoms with Crippen LogP contribution in [0.3, 0.4) is 0 Å². The lowest BCUT2D eigenvalue weighted by molar-refractivity contribution is 0.102. The fourth-order valence-electron chi connectivity index (χ4n) is 1.57. The molecule has 0 saturated heterocycles. The molecule has 98 valence electrons. The number of aryl methyl sites for hydroxylation is 1. The van der Waals surface area contributed by atoms with E-state index >= 15 is 0 Å². The van der Waals surface area contributed by atoms with E-state index in [1.807, 2.05) is 6.92 Å². The molecule has 1 amide bonds. The van der Waals surface area contributed by atoms with E-state index in [1.165, 1.54) is 24.3 Å². The fraction of sp³-hybridized carbons (Fsp3) is 0.0714. The van der Waals surface area contributed by atoms with E-state index in [2.05, 4.69) is 5.32 Å². The van der Waals surface area contributed by atoms with Crippen LogP contribution >= 0.6 is 23.2 Å². The summed E-state index contributed by atoms with van der Waals surface area (Å²) in [6, 6.07) is 9.36. The molecule has 0 fully saturated rings. The molecule has 19 heavy (non-hydrogen) atoms. The minimum Gasteiger partial charge on any atom is -0.508 e. The van der Waals surface area contributed by atoms with Crippen molar-refractivity contribution in [2.45, 2.75) is 6.92 Å². The molecular formula is C14H11Cl2NO2. The number of carbonyl (C=O) groups excluding carboxylic acids is 1. The molecule has 0 heterocycles. The summed E-state index contributed by atoms with van der Waals surface area (Å²) in [5.41, 5.74) is 1.62. The third kappa shape index (κ3) is 3.00. The average molecular weight is 296 g/mol. The zero-order valence-electron chi connectivity index (χ0n) is 10.1. The highest BCUT2D eigenvalue weighted by molar-refractivity contribution is 6.40. The summed E-state index contributed by atoms with van der Waals surface area (Å²) in [4.78, 5) is 12.0. The second-order valence-corrected chi connectivity index (χ2v) is 4.84. The highest BCUT2D eigenvalue weighted by Crippen LogP contribution is 2.33. The highest BCUT2D eigenvalue weighted by atomic mass is 35.5. The molecule has 0 spiro atoms. The summed E-state index contributed by atoms with van der Waals surface area (Å²) >= 11 is 12.1. The van der Waals surface area contributed by atoms with Gasteiger partial charge in [-0.1, -0.05) is 29.3 Å². The number of anilines is 1. The summed E-state index contributed by atoms with van der Waals surface area (Å²) < 4.78 is 0. The standard InChI is InChI=1S/C14H11Cl2NO2/c1-8-2-7-11(15)13(12(8)16)17-14(19)9-3-5-10(18)6-4-9/h2-7,18H,1H3,(H,17,19). The molecule has 0 aromatic heterocycles. The van der Waals surface area contributed by atoms with Crippen molar-refractivity contribution in [1.29, 1.82) is 0 Å². The van der Waals surface area contributed by atoms with Crippen LogP contribution in [0.5, 0.6) is 5.75 Å². The van der Waals surface area contributed by atoms with Crippen molar-refractivity contribution in [2.24, 2.45) is 0 Å². The number of amides is 1. The van der Waals surface area contributed by atoms with Crippen LogP contribution in [0.4, 0.5) is 5.69 Å². The quantitative estimate of drug-likeness (QED) is 0.870. The Labute approximate surface area is 120 Å². The average Bonchev–Trinajstić information content (AvgIpc) is 2.40. The van der Waals surface area contributed by atoms with Crippen LogP contribution in [0.15, 0.2) is 36.4 Å². The Kier molecular flexibility index (Phi) is 3.98. The van der Waals surface area contributed by atoms with Crippen molar-refractivity contribution in [1.82, 2.24) is 0 Å². The molecule has 0 aliphatic rings. The third-order valence-electron chi connectivity index (χ3n) is 2.65. The molecule has 2 N–H and O–H groups in total. The van der Waals surface area contributed by atoms with Crippen molar-refractivity contribution < 1.29 is 9.90 Å². The molecule has 2 aromatic carbocycles. The maximum atomic E-state index is 12.0. The number of halogens is 2. The topological polar surface area (TPSA) is 49.3 Å². The van der Waals surface area contributed by atoms with Crippen molar-refractivity contribution in [3.63, 3.8) is 0 Å². The van der Waals surface area contributed by atoms with Gasteiger partial charge in [0, 0.05) is 5.56 Å². The summed E-state index contributed by atoms with van der Waals surface area (Å²) in [6.07, 6.45) is 0. The van der Waals surface area contributed by atoms with Crippen LogP contribution in [0, 0.1) is 6.92 Å². The molecule has 3 nitrogen and oxygen atoms in total. The molecule has 0 saturated carbocycles. The van der Waals surface area contributed by atoms with E-state index < -0.39 is 0 Å². The molecule has 2 aromatic rings. The third-order valence-corrected chi connectivity index (χ3v) is 3.45. The van der Waals surface area contributed by atoms with E-state index in [-0.39, 0.29) is 11.7 Å². The number of nitrogens with one attached hydrogen (secondary N) is 1. The lowest BCUT2D eigenvalue weighted by Crippen LogP contribution is -2.12. The molecule has 0 atom stereocenters. The van der Waals surface area contributed by atoms with Gasteiger partial charge in [0.25, 0.3) is 5.91 Å². The van der Waals surface area contributed by atoms with Gasteiger partial charge in [-0.05, 0) is 42.8 Å². The van der Waals surface area contributed by atoms with Crippen LogP contribution in [-0.4, -0.2) is 11.0 Å². The Hall–Kier alpha value is -1.71. The minimum atomic E-state index is -0.339. The van der Waals surface area contributed by atoms with Crippen LogP contribution in [0.2, 0.25) is 10.0 Å². The van der Waals surface area contributed by atoms with Gasteiger partial charge in [0.05, 0.1) is 15.7 Å². The lowest BCUT2D eigenvalue weighted by Gasteiger charge is -2.11. The van der Waals surface area contributed by atoms with Gasteiger partial charge in [-0.3, -0.25) is 4.79 Å². The van der Waals surface area contributed by atoms with Crippen molar-refractivity contribution >= 4 is 34.8 Å². The van der Waals surface area contributed by atoms with Crippen LogP contribution in [0.1, 0.15) is 15.9 Å². The summed E-state index contributed by atoms with van der Waals surface area (Å²) in [7, 11) is 0. The Morgan fingerprint density at radius 3 is 2.37 bits per heavy atom. The van der Waals surface area contributed by atoms with E-state index in [9.17, 15) is 9.90 Å². The molecule has 0 radical (unpaired) electrons. The molecule has 0 aliphatic heterocycles. The van der Waals surface area contributed by atoms with Gasteiger partial charge in [0.1, 0.15) is 5.75 Å². The molecule has 5 heteroatoms. The van der Waals surface area contributed by atoms with Crippen molar-refractivity contribution in [3.8, 4) is 5.75 Å². The molecular weight excluding hydrogens is 285 g/mol. The predicted molar refractivity (Wildman–Crippen MR) is 77.3 cm³/mol. The molecule has 2 rings (SSSR count). The fourth-order valence-corrected chi connectivity index (χ4v) is 2.03. The Bertz CT molecular complexity index is 624. The largest absolute Gasteiger partial charge is 0.508 e. The Morgan fingerprint density at radius 2 is 1.74 bits per heavy atom. The number of hydrogen-bond donors (Lipinski definition) is 2. The number of hydrogen-bond acceptors (Lipinski definition) is 2. The first-order valence-electron chi connectivity index (χ1n) is 5.54. The van der Waals surface area contributed by atoms with Crippen LogP contribution in [-0.2, 0) is 0 Å². The van der Waals surface area contributed by atoms with E-state index in [1.54, 1.807) is 12.1 Å². The molecule has 0 bridgehead atoms. The highest BCUT2D eigenvalue weighted by Gasteiger charge is 2.13. The van der Waals surface area contributed by atoms with Crippen LogP contribution < -0.4 is 5.32 Å². The van der Waals surface area contributed by atoms with Crippen molar-refractivity contribution in [3.05, 3.63) is 57.6 Å². The SMILES string of the molecule is Cc1ccc(Cl)c(NC(=O)c2ccc(O)cc2)c1Cl. The maximum Gasteiger partial charge on any atom is 0.255 e. The van der Waals surface area contributed by atoms with E-state index in [4.69, 9.17) is 23.2 Å². The monoisotopic (exact) mass is 295 g/mol. The van der Waals surface area contributed by atoms with Gasteiger partial charge in [0.15, 0.2) is 0 Å². The maximum absolute atomic E-state index is 12.0. The van der Waals surface area contributed by atoms with E-state index in [0.29, 0.717) is 21.3 Å². The van der Waals surface area contributed by atoms with Crippen molar-refractivity contribution in [2.75, 3.05) is 5.32 Å². The second kappa shape index (κ2) is 5.51. The zero-order chi connectivity index (χ0) is 14.0. The van der Waals surface area contributed by atoms with Gasteiger partial charge < -0.3 is 10.4 Å². The number of phenolic OH excluding ortho intramolecular Hbond substituents is 1. The lowest BCUT2D eigenvalue weighted by atomic mass is 10.2. The normalized spacial score (nSPS) is 10.3. The number of phenols is 1. The minimum absolute atomic E-state index is 0.100. The van der Waals surface area contributed by atoms with E-state index in [0.717, 1.165) is 5.56 Å². The first-order valence-corrected chi connectivity index (χ1v) is 6.29. The molecule has 0 unspecified atom stereocenters. The Morgan fingerprint density at radius 1 is 1.11 bits per heavy atom. The number of aromatic hydroxyl groups is 1.